The van der Waals surface area contributed by atoms with Gasteiger partial charge >= 0.3 is 0 Å². The molecule has 1 N–H and O–H groups in total. The number of carbonyl (C=O) groups is 1. The van der Waals surface area contributed by atoms with Gasteiger partial charge in [0.15, 0.2) is 0 Å². The van der Waals surface area contributed by atoms with E-state index in [9.17, 15) is 4.79 Å². The molecule has 0 saturated carbocycles. The molecule has 24 heavy (non-hydrogen) atoms. The zero-order valence-electron chi connectivity index (χ0n) is 13.2. The molecule has 4 nitrogen and oxygen atoms in total. The number of unbranched alkanes of at least 4 members (excludes halogenated alkanes) is 1. The Morgan fingerprint density at radius 2 is 2.04 bits per heavy atom. The van der Waals surface area contributed by atoms with Gasteiger partial charge in [-0.15, -0.1) is 11.3 Å². The summed E-state index contributed by atoms with van der Waals surface area (Å²) >= 11 is 7.56. The standard InChI is InChI=1S/C18H17ClN2O2S/c1-2-3-10-23-13-6-4-12(5-7-13)18(22)21-15-9-8-14(19)16-17(15)24-11-20-16/h4-9,11H,2-3,10H2,1H3,(H,21,22). The minimum Gasteiger partial charge on any atom is -0.494 e. The van der Waals surface area contributed by atoms with Crippen molar-refractivity contribution < 1.29 is 9.53 Å². The van der Waals surface area contributed by atoms with Gasteiger partial charge in [-0.2, -0.15) is 0 Å². The lowest BCUT2D eigenvalue weighted by Crippen LogP contribution is -2.11. The van der Waals surface area contributed by atoms with Gasteiger partial charge in [-0.05, 0) is 42.8 Å². The molecule has 0 bridgehead atoms. The lowest BCUT2D eigenvalue weighted by atomic mass is 10.2. The molecule has 0 saturated heterocycles. The van der Waals surface area contributed by atoms with E-state index in [-0.39, 0.29) is 5.91 Å². The van der Waals surface area contributed by atoms with Crippen LogP contribution in [0.2, 0.25) is 5.02 Å². The van der Waals surface area contributed by atoms with Crippen LogP contribution in [0.1, 0.15) is 30.1 Å². The zero-order valence-corrected chi connectivity index (χ0v) is 14.8. The molecule has 0 unspecified atom stereocenters. The van der Waals surface area contributed by atoms with E-state index < -0.39 is 0 Å². The van der Waals surface area contributed by atoms with Crippen molar-refractivity contribution in [3.8, 4) is 5.75 Å². The van der Waals surface area contributed by atoms with Crippen molar-refractivity contribution in [2.75, 3.05) is 11.9 Å². The third-order valence-electron chi connectivity index (χ3n) is 3.57. The highest BCUT2D eigenvalue weighted by Crippen LogP contribution is 2.32. The van der Waals surface area contributed by atoms with Crippen LogP contribution in [0.5, 0.6) is 5.75 Å². The van der Waals surface area contributed by atoms with E-state index in [1.807, 2.05) is 12.1 Å². The molecular formula is C18H17ClN2O2S. The van der Waals surface area contributed by atoms with Gasteiger partial charge in [0.2, 0.25) is 0 Å². The second-order valence-electron chi connectivity index (χ2n) is 5.31. The SMILES string of the molecule is CCCCOc1ccc(C(=O)Nc2ccc(Cl)c3ncsc23)cc1. The summed E-state index contributed by atoms with van der Waals surface area (Å²) in [6, 6.07) is 10.7. The van der Waals surface area contributed by atoms with Crippen LogP contribution in [0.3, 0.4) is 0 Å². The van der Waals surface area contributed by atoms with Gasteiger partial charge < -0.3 is 10.1 Å². The van der Waals surface area contributed by atoms with Crippen LogP contribution in [0, 0.1) is 0 Å². The van der Waals surface area contributed by atoms with Crippen molar-refractivity contribution in [2.24, 2.45) is 0 Å². The largest absolute Gasteiger partial charge is 0.494 e. The smallest absolute Gasteiger partial charge is 0.255 e. The molecule has 124 valence electrons. The number of anilines is 1. The number of hydrogen-bond donors (Lipinski definition) is 1. The molecule has 3 rings (SSSR count). The molecule has 6 heteroatoms. The van der Waals surface area contributed by atoms with Crippen molar-refractivity contribution in [1.82, 2.24) is 4.98 Å². The Morgan fingerprint density at radius 3 is 2.79 bits per heavy atom. The first-order chi connectivity index (χ1) is 11.7. The Labute approximate surface area is 149 Å². The minimum absolute atomic E-state index is 0.174. The van der Waals surface area contributed by atoms with Gasteiger partial charge in [0.1, 0.15) is 11.3 Å². The average Bonchev–Trinajstić information content (AvgIpc) is 3.09. The van der Waals surface area contributed by atoms with Crippen LogP contribution in [-0.2, 0) is 0 Å². The molecule has 1 heterocycles. The fraction of sp³-hybridized carbons (Fsp3) is 0.222. The molecule has 0 aliphatic heterocycles. The number of ether oxygens (including phenoxy) is 1. The summed E-state index contributed by atoms with van der Waals surface area (Å²) in [6.07, 6.45) is 2.11. The van der Waals surface area contributed by atoms with Crippen LogP contribution in [0.25, 0.3) is 10.2 Å². The second-order valence-corrected chi connectivity index (χ2v) is 6.57. The van der Waals surface area contributed by atoms with Gasteiger partial charge in [-0.25, -0.2) is 4.98 Å². The number of fused-ring (bicyclic) bond motifs is 1. The maximum absolute atomic E-state index is 12.4. The van der Waals surface area contributed by atoms with E-state index in [0.29, 0.717) is 28.4 Å². The molecule has 0 atom stereocenters. The monoisotopic (exact) mass is 360 g/mol. The fourth-order valence-corrected chi connectivity index (χ4v) is 3.29. The summed E-state index contributed by atoms with van der Waals surface area (Å²) in [5, 5.41) is 3.50. The highest BCUT2D eigenvalue weighted by atomic mass is 35.5. The number of halogens is 1. The van der Waals surface area contributed by atoms with Crippen molar-refractivity contribution in [3.05, 3.63) is 52.5 Å². The van der Waals surface area contributed by atoms with Crippen LogP contribution in [0.4, 0.5) is 5.69 Å². The average molecular weight is 361 g/mol. The van der Waals surface area contributed by atoms with E-state index in [2.05, 4.69) is 17.2 Å². The highest BCUT2D eigenvalue weighted by molar-refractivity contribution is 7.17. The first kappa shape index (κ1) is 16.7. The molecule has 0 fully saturated rings. The number of benzene rings is 2. The molecule has 0 radical (unpaired) electrons. The molecule has 0 aliphatic carbocycles. The van der Waals surface area contributed by atoms with Gasteiger partial charge in [-0.1, -0.05) is 24.9 Å². The Balaban J connectivity index is 1.72. The van der Waals surface area contributed by atoms with Crippen LogP contribution >= 0.6 is 22.9 Å². The number of nitrogens with zero attached hydrogens (tertiary/aromatic N) is 1. The van der Waals surface area contributed by atoms with Crippen molar-refractivity contribution >= 4 is 44.7 Å². The number of hydrogen-bond acceptors (Lipinski definition) is 4. The predicted octanol–water partition coefficient (Wildman–Crippen LogP) is 5.38. The lowest BCUT2D eigenvalue weighted by molar-refractivity contribution is 0.102. The maximum atomic E-state index is 12.4. The Bertz CT molecular complexity index is 846. The number of rotatable bonds is 6. The van der Waals surface area contributed by atoms with Crippen molar-refractivity contribution in [3.63, 3.8) is 0 Å². The summed E-state index contributed by atoms with van der Waals surface area (Å²) in [6.45, 7) is 2.81. The summed E-state index contributed by atoms with van der Waals surface area (Å²) < 4.78 is 6.48. The number of thiazole rings is 1. The summed E-state index contributed by atoms with van der Waals surface area (Å²) in [5.74, 6) is 0.600. The van der Waals surface area contributed by atoms with Crippen molar-refractivity contribution in [2.45, 2.75) is 19.8 Å². The normalized spacial score (nSPS) is 10.8. The predicted molar refractivity (Wildman–Crippen MR) is 99.4 cm³/mol. The highest BCUT2D eigenvalue weighted by Gasteiger charge is 2.12. The van der Waals surface area contributed by atoms with Gasteiger partial charge in [-0.3, -0.25) is 4.79 Å². The number of nitrogens with one attached hydrogen (secondary N) is 1. The third-order valence-corrected chi connectivity index (χ3v) is 4.73. The number of carbonyl (C=O) groups excluding carboxylic acids is 1. The fourth-order valence-electron chi connectivity index (χ4n) is 2.25. The van der Waals surface area contributed by atoms with Gasteiger partial charge in [0, 0.05) is 5.56 Å². The van der Waals surface area contributed by atoms with Gasteiger partial charge in [0.25, 0.3) is 5.91 Å². The second kappa shape index (κ2) is 7.64. The first-order valence-electron chi connectivity index (χ1n) is 7.75. The topological polar surface area (TPSA) is 51.2 Å². The van der Waals surface area contributed by atoms with E-state index in [1.165, 1.54) is 11.3 Å². The quantitative estimate of drug-likeness (QED) is 0.600. The summed E-state index contributed by atoms with van der Waals surface area (Å²) in [4.78, 5) is 16.7. The molecule has 1 aromatic heterocycles. The van der Waals surface area contributed by atoms with Crippen LogP contribution < -0.4 is 10.1 Å². The molecule has 1 amide bonds. The third kappa shape index (κ3) is 3.68. The van der Waals surface area contributed by atoms with E-state index in [4.69, 9.17) is 16.3 Å². The number of aromatic nitrogens is 1. The molecule has 0 spiro atoms. The maximum Gasteiger partial charge on any atom is 0.255 e. The van der Waals surface area contributed by atoms with E-state index in [1.54, 1.807) is 29.8 Å². The van der Waals surface area contributed by atoms with Crippen LogP contribution in [-0.4, -0.2) is 17.5 Å². The Morgan fingerprint density at radius 1 is 1.25 bits per heavy atom. The Hall–Kier alpha value is -2.11. The first-order valence-corrected chi connectivity index (χ1v) is 9.00. The Kier molecular flexibility index (Phi) is 5.33. The summed E-state index contributed by atoms with van der Waals surface area (Å²) in [5.41, 5.74) is 3.71. The molecule has 3 aromatic rings. The zero-order chi connectivity index (χ0) is 16.9. The lowest BCUT2D eigenvalue weighted by Gasteiger charge is -2.08. The molecule has 2 aromatic carbocycles. The molecular weight excluding hydrogens is 344 g/mol. The van der Waals surface area contributed by atoms with E-state index in [0.717, 1.165) is 23.3 Å². The van der Waals surface area contributed by atoms with E-state index >= 15 is 0 Å². The van der Waals surface area contributed by atoms with Crippen molar-refractivity contribution in [1.29, 1.82) is 0 Å². The minimum atomic E-state index is -0.174. The number of amides is 1. The molecule has 0 aliphatic rings. The van der Waals surface area contributed by atoms with Gasteiger partial charge in [0.05, 0.1) is 27.5 Å². The summed E-state index contributed by atoms with van der Waals surface area (Å²) in [7, 11) is 0. The van der Waals surface area contributed by atoms with Crippen LogP contribution in [0.15, 0.2) is 41.9 Å².